The van der Waals surface area contributed by atoms with Gasteiger partial charge in [-0.1, -0.05) is 6.07 Å². The molecule has 0 heterocycles. The van der Waals surface area contributed by atoms with Gasteiger partial charge in [0.05, 0.1) is 14.2 Å². The summed E-state index contributed by atoms with van der Waals surface area (Å²) in [5.74, 6) is 1.56. The molecule has 3 rings (SSSR count). The Balaban J connectivity index is 2.21. The Morgan fingerprint density at radius 3 is 2.37 bits per heavy atom. The van der Waals surface area contributed by atoms with E-state index in [0.29, 0.717) is 5.75 Å². The highest BCUT2D eigenvalue weighted by molar-refractivity contribution is 5.76. The highest BCUT2D eigenvalue weighted by Gasteiger charge is 2.19. The van der Waals surface area contributed by atoms with Crippen LogP contribution in [0.2, 0.25) is 0 Å². The molecule has 0 spiro atoms. The van der Waals surface area contributed by atoms with Gasteiger partial charge >= 0.3 is 0 Å². The fourth-order valence-corrected chi connectivity index (χ4v) is 2.65. The average Bonchev–Trinajstić information content (AvgIpc) is 2.45. The second-order valence-electron chi connectivity index (χ2n) is 4.70. The van der Waals surface area contributed by atoms with Gasteiger partial charge in [0.15, 0.2) is 11.5 Å². The van der Waals surface area contributed by atoms with Crippen LogP contribution < -0.4 is 9.47 Å². The molecule has 0 saturated heterocycles. The van der Waals surface area contributed by atoms with Crippen molar-refractivity contribution in [2.45, 2.75) is 12.8 Å². The summed E-state index contributed by atoms with van der Waals surface area (Å²) in [6, 6.07) is 9.85. The van der Waals surface area contributed by atoms with Gasteiger partial charge in [-0.2, -0.15) is 0 Å². The fraction of sp³-hybridized carbons (Fsp3) is 0.250. The van der Waals surface area contributed by atoms with Crippen molar-refractivity contribution in [2.24, 2.45) is 0 Å². The molecule has 3 heteroatoms. The highest BCUT2D eigenvalue weighted by atomic mass is 16.5. The van der Waals surface area contributed by atoms with Crippen molar-refractivity contribution in [1.29, 1.82) is 0 Å². The zero-order valence-electron chi connectivity index (χ0n) is 11.1. The molecule has 2 aromatic carbocycles. The van der Waals surface area contributed by atoms with Crippen LogP contribution in [0.5, 0.6) is 17.2 Å². The van der Waals surface area contributed by atoms with E-state index in [2.05, 4.69) is 6.07 Å². The van der Waals surface area contributed by atoms with Gasteiger partial charge in [-0.3, -0.25) is 0 Å². The number of aryl methyl sites for hydroxylation is 2. The SMILES string of the molecule is COc1ccc2c(c1)-c1cc(OC)c(O)cc1CC2. The van der Waals surface area contributed by atoms with Gasteiger partial charge in [-0.25, -0.2) is 0 Å². The third kappa shape index (κ3) is 1.91. The van der Waals surface area contributed by atoms with E-state index in [4.69, 9.17) is 9.47 Å². The molecule has 0 aromatic heterocycles. The van der Waals surface area contributed by atoms with Crippen molar-refractivity contribution in [1.82, 2.24) is 0 Å². The number of aromatic hydroxyl groups is 1. The Labute approximate surface area is 112 Å². The van der Waals surface area contributed by atoms with Crippen LogP contribution >= 0.6 is 0 Å². The molecule has 1 aliphatic rings. The quantitative estimate of drug-likeness (QED) is 0.897. The molecular weight excluding hydrogens is 240 g/mol. The third-order valence-electron chi connectivity index (χ3n) is 3.68. The van der Waals surface area contributed by atoms with Gasteiger partial charge in [0.2, 0.25) is 0 Å². The lowest BCUT2D eigenvalue weighted by molar-refractivity contribution is 0.373. The van der Waals surface area contributed by atoms with Crippen molar-refractivity contribution < 1.29 is 14.6 Å². The number of fused-ring (bicyclic) bond motifs is 3. The maximum Gasteiger partial charge on any atom is 0.161 e. The molecule has 0 atom stereocenters. The number of ether oxygens (including phenoxy) is 2. The van der Waals surface area contributed by atoms with E-state index >= 15 is 0 Å². The molecule has 1 N–H and O–H groups in total. The first-order chi connectivity index (χ1) is 9.22. The number of benzene rings is 2. The summed E-state index contributed by atoms with van der Waals surface area (Å²) < 4.78 is 10.5. The standard InChI is InChI=1S/C16H16O3/c1-18-12-6-5-10-3-4-11-7-15(17)16(19-2)9-14(11)13(10)8-12/h5-9,17H,3-4H2,1-2H3. The Hall–Kier alpha value is -2.16. The van der Waals surface area contributed by atoms with E-state index in [-0.39, 0.29) is 5.75 Å². The topological polar surface area (TPSA) is 38.7 Å². The lowest BCUT2D eigenvalue weighted by Gasteiger charge is -2.21. The minimum Gasteiger partial charge on any atom is -0.504 e. The summed E-state index contributed by atoms with van der Waals surface area (Å²) >= 11 is 0. The number of methoxy groups -OCH3 is 2. The number of phenolic OH excluding ortho intramolecular Hbond substituents is 1. The average molecular weight is 256 g/mol. The molecule has 0 aliphatic heterocycles. The van der Waals surface area contributed by atoms with E-state index in [1.807, 2.05) is 18.2 Å². The molecule has 3 nitrogen and oxygen atoms in total. The van der Waals surface area contributed by atoms with E-state index in [1.54, 1.807) is 20.3 Å². The lowest BCUT2D eigenvalue weighted by Crippen LogP contribution is -2.04. The lowest BCUT2D eigenvalue weighted by atomic mass is 9.85. The molecular formula is C16H16O3. The second-order valence-corrected chi connectivity index (χ2v) is 4.70. The summed E-state index contributed by atoms with van der Waals surface area (Å²) in [7, 11) is 3.24. The zero-order valence-corrected chi connectivity index (χ0v) is 11.1. The summed E-state index contributed by atoms with van der Waals surface area (Å²) in [5.41, 5.74) is 4.74. The van der Waals surface area contributed by atoms with Gasteiger partial charge < -0.3 is 14.6 Å². The Kier molecular flexibility index (Phi) is 2.82. The zero-order chi connectivity index (χ0) is 13.4. The summed E-state index contributed by atoms with van der Waals surface area (Å²) in [5, 5.41) is 9.87. The largest absolute Gasteiger partial charge is 0.504 e. The molecule has 0 fully saturated rings. The van der Waals surface area contributed by atoms with Crippen LogP contribution in [0, 0.1) is 0 Å². The molecule has 0 bridgehead atoms. The number of rotatable bonds is 2. The highest BCUT2D eigenvalue weighted by Crippen LogP contribution is 2.41. The first-order valence-electron chi connectivity index (χ1n) is 6.30. The van der Waals surface area contributed by atoms with E-state index in [0.717, 1.165) is 29.7 Å². The minimum absolute atomic E-state index is 0.201. The number of phenols is 1. The predicted molar refractivity (Wildman–Crippen MR) is 74.1 cm³/mol. The number of hydrogen-bond donors (Lipinski definition) is 1. The Bertz CT molecular complexity index is 632. The van der Waals surface area contributed by atoms with Crippen LogP contribution in [0.15, 0.2) is 30.3 Å². The van der Waals surface area contributed by atoms with Crippen molar-refractivity contribution in [3.05, 3.63) is 41.5 Å². The molecule has 0 unspecified atom stereocenters. The van der Waals surface area contributed by atoms with Gasteiger partial charge in [-0.15, -0.1) is 0 Å². The molecule has 98 valence electrons. The summed E-state index contributed by atoms with van der Waals surface area (Å²) in [6.45, 7) is 0. The van der Waals surface area contributed by atoms with E-state index < -0.39 is 0 Å². The maximum atomic E-state index is 9.87. The molecule has 1 aliphatic carbocycles. The van der Waals surface area contributed by atoms with Gasteiger partial charge in [-0.05, 0) is 59.4 Å². The third-order valence-corrected chi connectivity index (χ3v) is 3.68. The molecule has 0 amide bonds. The second kappa shape index (κ2) is 4.50. The normalized spacial score (nSPS) is 12.5. The van der Waals surface area contributed by atoms with Gasteiger partial charge in [0.1, 0.15) is 5.75 Å². The van der Waals surface area contributed by atoms with Crippen LogP contribution in [-0.2, 0) is 12.8 Å². The summed E-state index contributed by atoms with van der Waals surface area (Å²) in [6.07, 6.45) is 1.92. The molecule has 0 saturated carbocycles. The minimum atomic E-state index is 0.201. The van der Waals surface area contributed by atoms with Crippen molar-refractivity contribution in [2.75, 3.05) is 14.2 Å². The van der Waals surface area contributed by atoms with Gasteiger partial charge in [0.25, 0.3) is 0 Å². The van der Waals surface area contributed by atoms with E-state index in [1.165, 1.54) is 11.1 Å². The molecule has 0 radical (unpaired) electrons. The monoisotopic (exact) mass is 256 g/mol. The fourth-order valence-electron chi connectivity index (χ4n) is 2.65. The van der Waals surface area contributed by atoms with Crippen LogP contribution in [0.3, 0.4) is 0 Å². The van der Waals surface area contributed by atoms with Crippen molar-refractivity contribution in [3.8, 4) is 28.4 Å². The Morgan fingerprint density at radius 1 is 0.895 bits per heavy atom. The smallest absolute Gasteiger partial charge is 0.161 e. The van der Waals surface area contributed by atoms with Crippen molar-refractivity contribution in [3.63, 3.8) is 0 Å². The van der Waals surface area contributed by atoms with Crippen LogP contribution in [0.1, 0.15) is 11.1 Å². The molecule has 19 heavy (non-hydrogen) atoms. The van der Waals surface area contributed by atoms with Crippen molar-refractivity contribution >= 4 is 0 Å². The first-order valence-corrected chi connectivity index (χ1v) is 6.30. The van der Waals surface area contributed by atoms with Crippen LogP contribution in [0.4, 0.5) is 0 Å². The number of hydrogen-bond acceptors (Lipinski definition) is 3. The Morgan fingerprint density at radius 2 is 1.63 bits per heavy atom. The van der Waals surface area contributed by atoms with Gasteiger partial charge in [0, 0.05) is 0 Å². The van der Waals surface area contributed by atoms with Crippen LogP contribution in [-0.4, -0.2) is 19.3 Å². The van der Waals surface area contributed by atoms with Crippen LogP contribution in [0.25, 0.3) is 11.1 Å². The summed E-state index contributed by atoms with van der Waals surface area (Å²) in [4.78, 5) is 0. The maximum absolute atomic E-state index is 9.87. The molecule has 2 aromatic rings. The van der Waals surface area contributed by atoms with E-state index in [9.17, 15) is 5.11 Å². The first kappa shape index (κ1) is 11.9. The predicted octanol–water partition coefficient (Wildman–Crippen LogP) is 3.18.